The van der Waals surface area contributed by atoms with Crippen molar-refractivity contribution in [3.63, 3.8) is 0 Å². The molecule has 9 nitrogen and oxygen atoms in total. The van der Waals surface area contributed by atoms with Crippen molar-refractivity contribution < 1.29 is 4.74 Å². The molecule has 8 rings (SSSR count). The van der Waals surface area contributed by atoms with Gasteiger partial charge in [0.15, 0.2) is 0 Å². The number of hydrogen-bond donors (Lipinski definition) is 0. The minimum Gasteiger partial charge on any atom is -0.481 e. The van der Waals surface area contributed by atoms with Gasteiger partial charge in [-0.3, -0.25) is 9.80 Å². The maximum atomic E-state index is 9.80. The van der Waals surface area contributed by atoms with Crippen LogP contribution in [0.25, 0.3) is 22.2 Å². The molecule has 3 saturated heterocycles. The number of likely N-dealkylation sites (N-methyl/N-ethyl adjacent to an activating group) is 1. The number of fused-ring (bicyclic) bond motifs is 3. The van der Waals surface area contributed by atoms with E-state index in [1.807, 2.05) is 23.0 Å². The van der Waals surface area contributed by atoms with Crippen LogP contribution in [0.15, 0.2) is 61.2 Å². The molecule has 4 aromatic rings. The van der Waals surface area contributed by atoms with Crippen LogP contribution in [-0.2, 0) is 6.54 Å². The Labute approximate surface area is 240 Å². The summed E-state index contributed by atoms with van der Waals surface area (Å²) in [5.74, 6) is 1.65. The van der Waals surface area contributed by atoms with Crippen LogP contribution in [0.5, 0.6) is 5.88 Å². The van der Waals surface area contributed by atoms with Crippen LogP contribution in [0.2, 0.25) is 0 Å². The van der Waals surface area contributed by atoms with Gasteiger partial charge in [-0.1, -0.05) is 19.1 Å². The minimum atomic E-state index is 0.519. The molecule has 0 saturated carbocycles. The van der Waals surface area contributed by atoms with Crippen LogP contribution < -0.4 is 9.64 Å². The monoisotopic (exact) mass is 546 g/mol. The average molecular weight is 547 g/mol. The Bertz CT molecular complexity index is 1620. The summed E-state index contributed by atoms with van der Waals surface area (Å²) in [5.41, 5.74) is 7.11. The van der Waals surface area contributed by atoms with Gasteiger partial charge >= 0.3 is 0 Å². The Morgan fingerprint density at radius 2 is 1.93 bits per heavy atom. The molecule has 0 aromatic carbocycles. The second-order valence-electron chi connectivity index (χ2n) is 11.2. The zero-order chi connectivity index (χ0) is 27.9. The number of hydrogen-bond acceptors (Lipinski definition) is 8. The van der Waals surface area contributed by atoms with E-state index in [4.69, 9.17) is 9.72 Å². The number of methoxy groups -OCH3 is 1. The second kappa shape index (κ2) is 10.6. The molecular formula is C32H34N8O. The third-order valence-electron chi connectivity index (χ3n) is 8.94. The van der Waals surface area contributed by atoms with Gasteiger partial charge in [0.2, 0.25) is 5.88 Å². The molecule has 0 N–H and O–H groups in total. The highest BCUT2D eigenvalue weighted by Gasteiger charge is 2.44. The van der Waals surface area contributed by atoms with E-state index < -0.39 is 0 Å². The van der Waals surface area contributed by atoms with Crippen LogP contribution in [-0.4, -0.2) is 81.3 Å². The summed E-state index contributed by atoms with van der Waals surface area (Å²) in [5, 5.41) is 14.3. The summed E-state index contributed by atoms with van der Waals surface area (Å²) < 4.78 is 7.05. The van der Waals surface area contributed by atoms with E-state index in [1.54, 1.807) is 13.3 Å². The molecule has 0 spiro atoms. The predicted molar refractivity (Wildman–Crippen MR) is 159 cm³/mol. The lowest BCUT2D eigenvalue weighted by atomic mass is 9.87. The molecule has 0 aliphatic carbocycles. The normalized spacial score (nSPS) is 20.9. The fraction of sp³-hybridized carbons (Fsp3) is 0.375. The van der Waals surface area contributed by atoms with E-state index in [1.165, 1.54) is 17.6 Å². The van der Waals surface area contributed by atoms with E-state index in [0.29, 0.717) is 23.5 Å². The van der Waals surface area contributed by atoms with Crippen LogP contribution >= 0.6 is 0 Å². The standard InChI is InChI=1S/C32H34N8O/c1-3-37-10-8-23(9-11-37)25-12-29(32-26(14-33)17-36-40(32)19-25)24-5-6-30(34-16-24)38-20-27-13-28(21-38)39(27)18-22-4-7-31(41-2)35-15-22/h4-8,12,15-17,19,27-28H,3,9-11,13,18,20-21H2,1-2H3. The number of anilines is 1. The minimum absolute atomic E-state index is 0.519. The van der Waals surface area contributed by atoms with Gasteiger partial charge in [-0.25, -0.2) is 14.5 Å². The average Bonchev–Trinajstić information content (AvgIpc) is 3.47. The van der Waals surface area contributed by atoms with Crippen LogP contribution in [0, 0.1) is 11.3 Å². The highest BCUT2D eigenvalue weighted by atomic mass is 16.5. The van der Waals surface area contributed by atoms with Gasteiger partial charge in [-0.2, -0.15) is 10.4 Å². The first-order valence-electron chi connectivity index (χ1n) is 14.4. The first kappa shape index (κ1) is 25.7. The number of ether oxygens (including phenoxy) is 1. The van der Waals surface area contributed by atoms with Crippen molar-refractivity contribution in [2.75, 3.05) is 44.7 Å². The molecule has 0 radical (unpaired) electrons. The molecule has 9 heteroatoms. The summed E-state index contributed by atoms with van der Waals surface area (Å²) in [6.45, 7) is 8.14. The van der Waals surface area contributed by atoms with Gasteiger partial charge in [0.25, 0.3) is 0 Å². The summed E-state index contributed by atoms with van der Waals surface area (Å²) in [6.07, 6.45) is 12.1. The quantitative estimate of drug-likeness (QED) is 0.340. The lowest BCUT2D eigenvalue weighted by molar-refractivity contribution is -0.00876. The fourth-order valence-electron chi connectivity index (χ4n) is 6.56. The van der Waals surface area contributed by atoms with Crippen molar-refractivity contribution in [3.8, 4) is 23.1 Å². The number of pyridine rings is 3. The van der Waals surface area contributed by atoms with E-state index in [-0.39, 0.29) is 0 Å². The van der Waals surface area contributed by atoms with Gasteiger partial charge in [0.05, 0.1) is 24.4 Å². The Morgan fingerprint density at radius 1 is 1.05 bits per heavy atom. The highest BCUT2D eigenvalue weighted by Crippen LogP contribution is 2.37. The first-order chi connectivity index (χ1) is 20.1. The smallest absolute Gasteiger partial charge is 0.212 e. The van der Waals surface area contributed by atoms with Crippen molar-refractivity contribution in [2.24, 2.45) is 0 Å². The summed E-state index contributed by atoms with van der Waals surface area (Å²) in [6, 6.07) is 13.9. The molecule has 3 fully saturated rings. The number of nitriles is 1. The van der Waals surface area contributed by atoms with E-state index >= 15 is 0 Å². The molecule has 208 valence electrons. The number of piperazine rings is 1. The lowest BCUT2D eigenvalue weighted by Gasteiger charge is -2.56. The van der Waals surface area contributed by atoms with Crippen LogP contribution in [0.1, 0.15) is 36.5 Å². The third kappa shape index (κ3) is 4.73. The van der Waals surface area contributed by atoms with E-state index in [0.717, 1.165) is 73.7 Å². The first-order valence-corrected chi connectivity index (χ1v) is 14.4. The van der Waals surface area contributed by atoms with Crippen LogP contribution in [0.3, 0.4) is 0 Å². The molecule has 4 aromatic heterocycles. The summed E-state index contributed by atoms with van der Waals surface area (Å²) >= 11 is 0. The molecule has 4 aliphatic heterocycles. The molecule has 2 unspecified atom stereocenters. The summed E-state index contributed by atoms with van der Waals surface area (Å²) in [4.78, 5) is 16.7. The van der Waals surface area contributed by atoms with Gasteiger partial charge in [-0.15, -0.1) is 0 Å². The number of nitrogens with zero attached hydrogens (tertiary/aromatic N) is 8. The molecule has 8 heterocycles. The predicted octanol–water partition coefficient (Wildman–Crippen LogP) is 4.24. The van der Waals surface area contributed by atoms with Crippen molar-refractivity contribution in [1.29, 1.82) is 5.26 Å². The Morgan fingerprint density at radius 3 is 2.59 bits per heavy atom. The van der Waals surface area contributed by atoms with Crippen molar-refractivity contribution in [2.45, 2.75) is 38.4 Å². The van der Waals surface area contributed by atoms with Gasteiger partial charge in [0, 0.05) is 80.6 Å². The lowest BCUT2D eigenvalue weighted by Crippen LogP contribution is -2.68. The molecule has 4 aliphatic rings. The van der Waals surface area contributed by atoms with Gasteiger partial charge < -0.3 is 9.64 Å². The maximum Gasteiger partial charge on any atom is 0.212 e. The fourth-order valence-corrected chi connectivity index (χ4v) is 6.56. The topological polar surface area (TPSA) is 85.8 Å². The molecule has 2 atom stereocenters. The molecule has 2 bridgehead atoms. The van der Waals surface area contributed by atoms with E-state index in [9.17, 15) is 5.26 Å². The maximum absolute atomic E-state index is 9.80. The number of piperidine rings is 1. The molecular weight excluding hydrogens is 512 g/mol. The Kier molecular flexibility index (Phi) is 6.65. The second-order valence-corrected chi connectivity index (χ2v) is 11.2. The van der Waals surface area contributed by atoms with Crippen LogP contribution in [0.4, 0.5) is 5.82 Å². The van der Waals surface area contributed by atoms with Gasteiger partial charge in [-0.05, 0) is 54.3 Å². The van der Waals surface area contributed by atoms with Gasteiger partial charge in [0.1, 0.15) is 11.9 Å². The zero-order valence-electron chi connectivity index (χ0n) is 23.6. The molecule has 41 heavy (non-hydrogen) atoms. The third-order valence-corrected chi connectivity index (χ3v) is 8.94. The number of rotatable bonds is 7. The Hall–Kier alpha value is -4.26. The van der Waals surface area contributed by atoms with E-state index in [2.05, 4.69) is 74.3 Å². The summed E-state index contributed by atoms with van der Waals surface area (Å²) in [7, 11) is 1.64. The molecule has 0 amide bonds. The highest BCUT2D eigenvalue weighted by molar-refractivity contribution is 5.87. The Balaban J connectivity index is 1.11. The van der Waals surface area contributed by atoms with Crippen molar-refractivity contribution >= 4 is 16.9 Å². The zero-order valence-corrected chi connectivity index (χ0v) is 23.6. The van der Waals surface area contributed by atoms with Crippen molar-refractivity contribution in [3.05, 3.63) is 77.9 Å². The number of aromatic nitrogens is 4. The largest absolute Gasteiger partial charge is 0.481 e. The SMILES string of the molecule is CCN1CC=C(c2cc(-c3ccc(N4CC5CC(C4)N5Cc4ccc(OC)nc4)nc3)c3c(C#N)cnn3c2)CC1. The van der Waals surface area contributed by atoms with Crippen molar-refractivity contribution in [1.82, 2.24) is 29.4 Å².